The molecule has 1 aliphatic heterocycles. The Hall–Kier alpha value is -1.38. The molecule has 13 heavy (non-hydrogen) atoms. The third kappa shape index (κ3) is 1.30. The van der Waals surface area contributed by atoms with Gasteiger partial charge in [0, 0.05) is 0 Å². The molecule has 0 atom stereocenters. The van der Waals surface area contributed by atoms with Gasteiger partial charge in [-0.15, -0.1) is 0 Å². The first kappa shape index (κ1) is 8.23. The normalized spacial score (nSPS) is 14.5. The average Bonchev–Trinajstić information content (AvgIpc) is 2.18. The van der Waals surface area contributed by atoms with Crippen LogP contribution in [0.4, 0.5) is 4.39 Å². The Morgan fingerprint density at radius 3 is 3.08 bits per heavy atom. The quantitative estimate of drug-likeness (QED) is 0.617. The summed E-state index contributed by atoms with van der Waals surface area (Å²) in [5.41, 5.74) is 0.979. The van der Waals surface area contributed by atoms with E-state index in [2.05, 4.69) is 0 Å². The van der Waals surface area contributed by atoms with Crippen molar-refractivity contribution in [2.75, 3.05) is 6.61 Å². The van der Waals surface area contributed by atoms with Crippen molar-refractivity contribution in [2.45, 2.75) is 12.8 Å². The summed E-state index contributed by atoms with van der Waals surface area (Å²) >= 11 is 0. The molecule has 2 nitrogen and oxygen atoms in total. The smallest absolute Gasteiger partial charge is 0.156 e. The Kier molecular flexibility index (Phi) is 2.00. The number of carbonyl (C=O) groups excluding carboxylic acids is 1. The molecular formula is C10H9FO2. The molecule has 0 aromatic heterocycles. The van der Waals surface area contributed by atoms with Crippen LogP contribution in [0.1, 0.15) is 22.3 Å². The van der Waals surface area contributed by atoms with E-state index in [0.29, 0.717) is 18.6 Å². The van der Waals surface area contributed by atoms with Gasteiger partial charge in [0.2, 0.25) is 0 Å². The van der Waals surface area contributed by atoms with Crippen LogP contribution < -0.4 is 4.74 Å². The molecule has 1 aromatic rings. The fourth-order valence-electron chi connectivity index (χ4n) is 1.53. The van der Waals surface area contributed by atoms with Crippen molar-refractivity contribution >= 4 is 6.29 Å². The molecule has 2 rings (SSSR count). The number of rotatable bonds is 1. The van der Waals surface area contributed by atoms with Crippen LogP contribution in [-0.4, -0.2) is 12.9 Å². The second-order valence-electron chi connectivity index (χ2n) is 3.02. The van der Waals surface area contributed by atoms with Gasteiger partial charge in [0.05, 0.1) is 12.2 Å². The monoisotopic (exact) mass is 180 g/mol. The number of hydrogen-bond acceptors (Lipinski definition) is 2. The molecule has 0 unspecified atom stereocenters. The molecule has 0 saturated carbocycles. The summed E-state index contributed by atoms with van der Waals surface area (Å²) in [6.07, 6.45) is 2.30. The summed E-state index contributed by atoms with van der Waals surface area (Å²) in [5.74, 6) is -0.0723. The first-order valence-corrected chi connectivity index (χ1v) is 4.22. The van der Waals surface area contributed by atoms with Gasteiger partial charge in [0.15, 0.2) is 6.29 Å². The highest BCUT2D eigenvalue weighted by Gasteiger charge is 2.17. The highest BCUT2D eigenvalue weighted by atomic mass is 19.1. The number of aldehydes is 1. The van der Waals surface area contributed by atoms with E-state index in [-0.39, 0.29) is 5.56 Å². The number of fused-ring (bicyclic) bond motifs is 1. The molecule has 0 radical (unpaired) electrons. The van der Waals surface area contributed by atoms with E-state index >= 15 is 0 Å². The Balaban J connectivity index is 2.58. The van der Waals surface area contributed by atoms with Crippen LogP contribution in [0.2, 0.25) is 0 Å². The molecule has 1 aliphatic rings. The minimum Gasteiger partial charge on any atom is -0.492 e. The highest BCUT2D eigenvalue weighted by molar-refractivity contribution is 5.80. The number of halogens is 1. The second-order valence-corrected chi connectivity index (χ2v) is 3.02. The predicted octanol–water partition coefficient (Wildman–Crippen LogP) is 1.96. The van der Waals surface area contributed by atoms with Gasteiger partial charge in [-0.3, -0.25) is 4.79 Å². The molecule has 0 fully saturated rings. The van der Waals surface area contributed by atoms with Crippen LogP contribution in [0, 0.1) is 5.82 Å². The van der Waals surface area contributed by atoms with Gasteiger partial charge in [-0.25, -0.2) is 4.39 Å². The van der Waals surface area contributed by atoms with Crippen LogP contribution in [-0.2, 0) is 6.42 Å². The van der Waals surface area contributed by atoms with Crippen LogP contribution in [0.15, 0.2) is 12.1 Å². The van der Waals surface area contributed by atoms with E-state index in [9.17, 15) is 9.18 Å². The van der Waals surface area contributed by atoms with E-state index in [4.69, 9.17) is 4.74 Å². The van der Waals surface area contributed by atoms with E-state index in [0.717, 1.165) is 18.4 Å². The highest BCUT2D eigenvalue weighted by Crippen LogP contribution is 2.29. The van der Waals surface area contributed by atoms with Crippen molar-refractivity contribution in [1.29, 1.82) is 0 Å². The van der Waals surface area contributed by atoms with Crippen LogP contribution in [0.3, 0.4) is 0 Å². The number of hydrogen-bond donors (Lipinski definition) is 0. The lowest BCUT2D eigenvalue weighted by molar-refractivity contribution is 0.111. The topological polar surface area (TPSA) is 26.3 Å². The Labute approximate surface area is 75.3 Å². The third-order valence-electron chi connectivity index (χ3n) is 2.18. The largest absolute Gasteiger partial charge is 0.492 e. The fourth-order valence-corrected chi connectivity index (χ4v) is 1.53. The van der Waals surface area contributed by atoms with Gasteiger partial charge in [0.1, 0.15) is 11.6 Å². The molecule has 3 heteroatoms. The van der Waals surface area contributed by atoms with Crippen molar-refractivity contribution in [3.63, 3.8) is 0 Å². The zero-order valence-electron chi connectivity index (χ0n) is 7.05. The second kappa shape index (κ2) is 3.17. The molecule has 0 aliphatic carbocycles. The summed E-state index contributed by atoms with van der Waals surface area (Å²) in [6.45, 7) is 0.567. The SMILES string of the molecule is O=Cc1c(F)ccc2c1OCCC2. The first-order chi connectivity index (χ1) is 6.33. The molecule has 1 heterocycles. The van der Waals surface area contributed by atoms with E-state index in [1.807, 2.05) is 0 Å². The van der Waals surface area contributed by atoms with Gasteiger partial charge in [-0.2, -0.15) is 0 Å². The molecule has 0 saturated heterocycles. The van der Waals surface area contributed by atoms with E-state index < -0.39 is 5.82 Å². The van der Waals surface area contributed by atoms with Crippen molar-refractivity contribution in [1.82, 2.24) is 0 Å². The third-order valence-corrected chi connectivity index (χ3v) is 2.18. The Morgan fingerprint density at radius 2 is 2.31 bits per heavy atom. The molecule has 1 aromatic carbocycles. The maximum absolute atomic E-state index is 13.1. The molecule has 0 amide bonds. The van der Waals surface area contributed by atoms with Gasteiger partial charge in [0.25, 0.3) is 0 Å². The average molecular weight is 180 g/mol. The summed E-state index contributed by atoms with van der Waals surface area (Å²) < 4.78 is 18.3. The zero-order valence-corrected chi connectivity index (χ0v) is 7.05. The van der Waals surface area contributed by atoms with E-state index in [1.165, 1.54) is 6.07 Å². The number of aryl methyl sites for hydroxylation is 1. The van der Waals surface area contributed by atoms with Crippen molar-refractivity contribution in [2.24, 2.45) is 0 Å². The molecular weight excluding hydrogens is 171 g/mol. The lowest BCUT2D eigenvalue weighted by Crippen LogP contribution is -2.11. The minimum atomic E-state index is -0.504. The summed E-state index contributed by atoms with van der Waals surface area (Å²) in [4.78, 5) is 10.6. The Morgan fingerprint density at radius 1 is 1.46 bits per heavy atom. The molecule has 0 N–H and O–H groups in total. The maximum atomic E-state index is 13.1. The van der Waals surface area contributed by atoms with Crippen LogP contribution in [0.5, 0.6) is 5.75 Å². The lowest BCUT2D eigenvalue weighted by Gasteiger charge is -2.18. The molecule has 0 spiro atoms. The number of benzene rings is 1. The Bertz CT molecular complexity index is 347. The summed E-state index contributed by atoms with van der Waals surface area (Å²) in [6, 6.07) is 2.99. The lowest BCUT2D eigenvalue weighted by atomic mass is 10.0. The van der Waals surface area contributed by atoms with Crippen molar-refractivity contribution in [3.05, 3.63) is 29.1 Å². The van der Waals surface area contributed by atoms with Gasteiger partial charge >= 0.3 is 0 Å². The van der Waals surface area contributed by atoms with E-state index in [1.54, 1.807) is 6.07 Å². The number of carbonyl (C=O) groups is 1. The summed E-state index contributed by atoms with van der Waals surface area (Å²) in [5, 5.41) is 0. The van der Waals surface area contributed by atoms with Gasteiger partial charge in [-0.05, 0) is 24.5 Å². The minimum absolute atomic E-state index is 0.0530. The van der Waals surface area contributed by atoms with Crippen molar-refractivity contribution < 1.29 is 13.9 Å². The van der Waals surface area contributed by atoms with Crippen LogP contribution in [0.25, 0.3) is 0 Å². The summed E-state index contributed by atoms with van der Waals surface area (Å²) in [7, 11) is 0. The van der Waals surface area contributed by atoms with Crippen LogP contribution >= 0.6 is 0 Å². The van der Waals surface area contributed by atoms with Gasteiger partial charge in [-0.1, -0.05) is 6.07 Å². The zero-order chi connectivity index (χ0) is 9.26. The fraction of sp³-hybridized carbons (Fsp3) is 0.300. The van der Waals surface area contributed by atoms with Crippen molar-refractivity contribution in [3.8, 4) is 5.75 Å². The maximum Gasteiger partial charge on any atom is 0.156 e. The van der Waals surface area contributed by atoms with Gasteiger partial charge < -0.3 is 4.74 Å². The molecule has 0 bridgehead atoms. The standard InChI is InChI=1S/C10H9FO2/c11-9-4-3-7-2-1-5-13-10(7)8(9)6-12/h3-4,6H,1-2,5H2. The molecule has 68 valence electrons. The predicted molar refractivity (Wildman–Crippen MR) is 45.6 cm³/mol. The number of ether oxygens (including phenoxy) is 1. The first-order valence-electron chi connectivity index (χ1n) is 4.22.